The largest absolute Gasteiger partial charge is 0.497 e. The first-order valence-corrected chi connectivity index (χ1v) is 16.0. The Balaban J connectivity index is 1.65. The predicted molar refractivity (Wildman–Crippen MR) is 168 cm³/mol. The first-order valence-electron chi connectivity index (χ1n) is 14.1. The molecule has 3 aromatic rings. The van der Waals surface area contributed by atoms with Crippen LogP contribution in [-0.2, 0) is 15.8 Å². The van der Waals surface area contributed by atoms with Gasteiger partial charge in [0.2, 0.25) is 0 Å². The van der Waals surface area contributed by atoms with E-state index < -0.39 is 20.2 Å². The summed E-state index contributed by atoms with van der Waals surface area (Å²) in [6, 6.07) is 28.4. The van der Waals surface area contributed by atoms with Crippen LogP contribution < -0.4 is 15.1 Å². The summed E-state index contributed by atoms with van der Waals surface area (Å²) in [4.78, 5) is 0. The molecule has 41 heavy (non-hydrogen) atoms. The molecule has 0 fully saturated rings. The second-order valence-corrected chi connectivity index (χ2v) is 15.5. The smallest absolute Gasteiger partial charge is 0.261 e. The van der Waals surface area contributed by atoms with E-state index >= 15 is 4.39 Å². The molecule has 0 spiro atoms. The molecule has 0 amide bonds. The number of methoxy groups -OCH3 is 1. The molecule has 0 aliphatic heterocycles. The maximum Gasteiger partial charge on any atom is 0.261 e. The van der Waals surface area contributed by atoms with Gasteiger partial charge in [-0.2, -0.15) is 0 Å². The summed E-state index contributed by atoms with van der Waals surface area (Å²) in [5.74, 6) is 5.26. The Kier molecular flexibility index (Phi) is 11.9. The molecule has 6 heteroatoms. The lowest BCUT2D eigenvalue weighted by molar-refractivity contribution is 0.126. The first-order chi connectivity index (χ1) is 19.6. The van der Waals surface area contributed by atoms with E-state index in [1.54, 1.807) is 7.11 Å². The zero-order valence-corrected chi connectivity index (χ0v) is 26.1. The summed E-state index contributed by atoms with van der Waals surface area (Å²) in [6.45, 7) is 11.4. The van der Waals surface area contributed by atoms with E-state index in [9.17, 15) is 5.11 Å². The van der Waals surface area contributed by atoms with E-state index in [0.717, 1.165) is 11.3 Å². The van der Waals surface area contributed by atoms with Crippen molar-refractivity contribution in [2.75, 3.05) is 13.7 Å². The van der Waals surface area contributed by atoms with Crippen molar-refractivity contribution < 1.29 is 23.4 Å². The second-order valence-electron chi connectivity index (χ2n) is 11.3. The highest BCUT2D eigenvalue weighted by atomic mass is 28.4. The summed E-state index contributed by atoms with van der Waals surface area (Å²) >= 11 is 0. The van der Waals surface area contributed by atoms with Crippen molar-refractivity contribution in [3.8, 4) is 17.6 Å². The van der Waals surface area contributed by atoms with Gasteiger partial charge in [-0.1, -0.05) is 112 Å². The molecular formula is C35H43FO4Si. The highest BCUT2D eigenvalue weighted by Crippen LogP contribution is 2.38. The van der Waals surface area contributed by atoms with E-state index in [1.807, 2.05) is 74.5 Å². The van der Waals surface area contributed by atoms with Gasteiger partial charge in [0.25, 0.3) is 8.32 Å². The molecule has 1 N–H and O–H groups in total. The monoisotopic (exact) mass is 574 g/mol. The van der Waals surface area contributed by atoms with Gasteiger partial charge in [0.15, 0.2) is 6.10 Å². The molecule has 0 aliphatic carbocycles. The van der Waals surface area contributed by atoms with Crippen molar-refractivity contribution in [1.82, 2.24) is 0 Å². The van der Waals surface area contributed by atoms with Gasteiger partial charge in [-0.25, -0.2) is 4.39 Å². The van der Waals surface area contributed by atoms with Crippen LogP contribution in [0.25, 0.3) is 0 Å². The molecule has 0 bridgehead atoms. The molecule has 0 saturated heterocycles. The van der Waals surface area contributed by atoms with Crippen LogP contribution in [0.15, 0.2) is 96.8 Å². The fourth-order valence-corrected chi connectivity index (χ4v) is 9.62. The third-order valence-corrected chi connectivity index (χ3v) is 12.4. The molecular weight excluding hydrogens is 531 g/mol. The highest BCUT2D eigenvalue weighted by molar-refractivity contribution is 6.99. The second kappa shape index (κ2) is 15.1. The van der Waals surface area contributed by atoms with Crippen molar-refractivity contribution in [3.63, 3.8) is 0 Å². The number of benzene rings is 3. The van der Waals surface area contributed by atoms with Gasteiger partial charge < -0.3 is 19.0 Å². The van der Waals surface area contributed by atoms with E-state index in [0.29, 0.717) is 19.6 Å². The zero-order chi connectivity index (χ0) is 29.9. The minimum atomic E-state index is -2.78. The van der Waals surface area contributed by atoms with Gasteiger partial charge in [0.1, 0.15) is 11.6 Å². The normalized spacial score (nSPS) is 14.5. The van der Waals surface area contributed by atoms with Crippen LogP contribution in [0.1, 0.15) is 46.6 Å². The average Bonchev–Trinajstić information content (AvgIpc) is 2.97. The van der Waals surface area contributed by atoms with E-state index in [-0.39, 0.29) is 17.1 Å². The van der Waals surface area contributed by atoms with Gasteiger partial charge in [0, 0.05) is 18.4 Å². The molecule has 0 radical (unpaired) electrons. The number of aliphatic hydroxyl groups is 1. The Bertz CT molecular complexity index is 1250. The quantitative estimate of drug-likeness (QED) is 0.154. The van der Waals surface area contributed by atoms with Crippen LogP contribution in [0.4, 0.5) is 4.39 Å². The average molecular weight is 575 g/mol. The molecule has 0 heterocycles. The van der Waals surface area contributed by atoms with E-state index in [4.69, 9.17) is 13.9 Å². The lowest BCUT2D eigenvalue weighted by Crippen LogP contribution is -2.67. The molecule has 0 aromatic heterocycles. The standard InChI is InChI=1S/C35H43FO4Si/c1-27(25-33(36)34(37)19-13-14-24-39-26-29-20-22-30(38-6)23-21-29)28(2)40-41(35(3,4)5,31-15-9-7-10-16-31)32-17-11-8-12-18-32/h7-12,15-18,20-23,25,27-28,34,37H,14,24,26H2,1-6H3/b33-25+/t27-,28-,34?/m0/s1. The molecule has 0 aliphatic rings. The summed E-state index contributed by atoms with van der Waals surface area (Å²) in [6.07, 6.45) is 0.0310. The fraction of sp³-hybridized carbons (Fsp3) is 0.371. The molecule has 218 valence electrons. The lowest BCUT2D eigenvalue weighted by atomic mass is 10.0. The zero-order valence-electron chi connectivity index (χ0n) is 25.1. The van der Waals surface area contributed by atoms with Crippen molar-refractivity contribution in [2.24, 2.45) is 5.92 Å². The topological polar surface area (TPSA) is 47.9 Å². The summed E-state index contributed by atoms with van der Waals surface area (Å²) in [5.41, 5.74) is 1.02. The Hall–Kier alpha value is -3.21. The van der Waals surface area contributed by atoms with Gasteiger partial charge in [-0.05, 0) is 46.1 Å². The van der Waals surface area contributed by atoms with Crippen molar-refractivity contribution in [2.45, 2.75) is 64.9 Å². The minimum Gasteiger partial charge on any atom is -0.497 e. The van der Waals surface area contributed by atoms with Crippen molar-refractivity contribution in [3.05, 3.63) is 102 Å². The van der Waals surface area contributed by atoms with E-state index in [2.05, 4.69) is 56.9 Å². The Morgan fingerprint density at radius 1 is 0.927 bits per heavy atom. The summed E-state index contributed by atoms with van der Waals surface area (Å²) in [7, 11) is -1.15. The van der Waals surface area contributed by atoms with Crippen LogP contribution in [0.2, 0.25) is 5.04 Å². The Labute approximate surface area is 246 Å². The fourth-order valence-electron chi connectivity index (χ4n) is 4.83. The van der Waals surface area contributed by atoms with Crippen LogP contribution in [0, 0.1) is 17.8 Å². The van der Waals surface area contributed by atoms with Crippen molar-refractivity contribution in [1.29, 1.82) is 0 Å². The Morgan fingerprint density at radius 3 is 2.00 bits per heavy atom. The third-order valence-electron chi connectivity index (χ3n) is 7.24. The number of halogens is 1. The van der Waals surface area contributed by atoms with Crippen LogP contribution in [0.3, 0.4) is 0 Å². The van der Waals surface area contributed by atoms with Gasteiger partial charge in [0.05, 0.1) is 20.3 Å². The number of aliphatic hydroxyl groups excluding tert-OH is 1. The van der Waals surface area contributed by atoms with Crippen molar-refractivity contribution >= 4 is 18.7 Å². The third kappa shape index (κ3) is 8.64. The number of ether oxygens (including phenoxy) is 2. The van der Waals surface area contributed by atoms with Gasteiger partial charge in [-0.3, -0.25) is 0 Å². The number of hydrogen-bond donors (Lipinski definition) is 1. The predicted octanol–water partition coefficient (Wildman–Crippen LogP) is 6.42. The maximum atomic E-state index is 15.0. The summed E-state index contributed by atoms with van der Waals surface area (Å²) in [5, 5.41) is 12.5. The summed E-state index contributed by atoms with van der Waals surface area (Å²) < 4.78 is 32.9. The first kappa shape index (κ1) is 32.3. The minimum absolute atomic E-state index is 0.188. The maximum absolute atomic E-state index is 15.0. The number of hydrogen-bond acceptors (Lipinski definition) is 4. The SMILES string of the molecule is COc1ccc(COCCC#CC(O)/C(F)=C\[C@H](C)[C@H](C)O[Si](c2ccccc2)(c2ccccc2)C(C)(C)C)cc1. The van der Waals surface area contributed by atoms with E-state index in [1.165, 1.54) is 16.4 Å². The van der Waals surface area contributed by atoms with Crippen LogP contribution in [-0.4, -0.2) is 39.3 Å². The molecule has 1 unspecified atom stereocenters. The van der Waals surface area contributed by atoms with Crippen LogP contribution >= 0.6 is 0 Å². The molecule has 3 rings (SSSR count). The molecule has 4 nitrogen and oxygen atoms in total. The lowest BCUT2D eigenvalue weighted by Gasteiger charge is -2.45. The Morgan fingerprint density at radius 2 is 1.49 bits per heavy atom. The van der Waals surface area contributed by atoms with Gasteiger partial charge >= 0.3 is 0 Å². The number of rotatable bonds is 12. The molecule has 3 aromatic carbocycles. The van der Waals surface area contributed by atoms with Gasteiger partial charge in [-0.15, -0.1) is 0 Å². The van der Waals surface area contributed by atoms with Crippen LogP contribution in [0.5, 0.6) is 5.75 Å². The highest BCUT2D eigenvalue weighted by Gasteiger charge is 2.51. The molecule has 3 atom stereocenters. The molecule has 0 saturated carbocycles.